The second-order valence-electron chi connectivity index (χ2n) is 4.55. The van der Waals surface area contributed by atoms with Gasteiger partial charge in [-0.2, -0.15) is 0 Å². The normalized spacial score (nSPS) is 11.6. The summed E-state index contributed by atoms with van der Waals surface area (Å²) in [6, 6.07) is 8.90. The Morgan fingerprint density at radius 1 is 1.29 bits per heavy atom. The average Bonchev–Trinajstić information content (AvgIpc) is 2.46. The number of benzene rings is 1. The van der Waals surface area contributed by atoms with Crippen LogP contribution in [0.5, 0.6) is 0 Å². The van der Waals surface area contributed by atoms with Crippen LogP contribution in [0.4, 0.5) is 4.39 Å². The Hall–Kier alpha value is -1.83. The number of hydrogen-bond acceptors (Lipinski definition) is 4. The summed E-state index contributed by atoms with van der Waals surface area (Å²) in [6.45, 7) is 1.83. The standard InChI is InChI=1S/C14H16FN3O2S/c1-10-3-2-4-12(18-10)9-17-21(19,20)13-5-6-14(15)11(7-13)8-16/h2-7,17H,8-9,16H2,1H3. The molecular formula is C14H16FN3O2S. The molecule has 0 aliphatic carbocycles. The van der Waals surface area contributed by atoms with Crippen LogP contribution < -0.4 is 10.5 Å². The summed E-state index contributed by atoms with van der Waals surface area (Å²) < 4.78 is 40.1. The van der Waals surface area contributed by atoms with Gasteiger partial charge in [-0.25, -0.2) is 17.5 Å². The molecule has 0 bridgehead atoms. The van der Waals surface area contributed by atoms with Gasteiger partial charge in [-0.05, 0) is 37.3 Å². The van der Waals surface area contributed by atoms with Crippen molar-refractivity contribution in [1.29, 1.82) is 0 Å². The van der Waals surface area contributed by atoms with Gasteiger partial charge in [0.2, 0.25) is 10.0 Å². The number of aryl methyl sites for hydroxylation is 1. The molecule has 112 valence electrons. The molecule has 0 unspecified atom stereocenters. The third-order valence-corrected chi connectivity index (χ3v) is 4.34. The lowest BCUT2D eigenvalue weighted by Gasteiger charge is -2.08. The molecule has 21 heavy (non-hydrogen) atoms. The molecule has 1 aromatic carbocycles. The van der Waals surface area contributed by atoms with E-state index in [1.807, 2.05) is 13.0 Å². The molecule has 0 radical (unpaired) electrons. The maximum Gasteiger partial charge on any atom is 0.240 e. The molecule has 1 aromatic heterocycles. The zero-order chi connectivity index (χ0) is 15.5. The minimum Gasteiger partial charge on any atom is -0.326 e. The molecule has 0 atom stereocenters. The highest BCUT2D eigenvalue weighted by molar-refractivity contribution is 7.89. The van der Waals surface area contributed by atoms with Crippen molar-refractivity contribution in [1.82, 2.24) is 9.71 Å². The summed E-state index contributed by atoms with van der Waals surface area (Å²) in [4.78, 5) is 4.19. The monoisotopic (exact) mass is 309 g/mol. The number of nitrogens with two attached hydrogens (primary N) is 1. The molecule has 0 spiro atoms. The van der Waals surface area contributed by atoms with Crippen LogP contribution >= 0.6 is 0 Å². The molecule has 0 aliphatic heterocycles. The van der Waals surface area contributed by atoms with E-state index in [9.17, 15) is 12.8 Å². The molecule has 3 N–H and O–H groups in total. The molecule has 0 saturated carbocycles. The summed E-state index contributed by atoms with van der Waals surface area (Å²) in [5.74, 6) is -0.517. The predicted molar refractivity (Wildman–Crippen MR) is 77.3 cm³/mol. The SMILES string of the molecule is Cc1cccc(CNS(=O)(=O)c2ccc(F)c(CN)c2)n1. The van der Waals surface area contributed by atoms with E-state index in [-0.39, 0.29) is 23.5 Å². The van der Waals surface area contributed by atoms with Crippen LogP contribution in [0.15, 0.2) is 41.3 Å². The maximum absolute atomic E-state index is 13.3. The molecule has 0 amide bonds. The van der Waals surface area contributed by atoms with Crippen molar-refractivity contribution in [2.45, 2.75) is 24.9 Å². The van der Waals surface area contributed by atoms with Crippen LogP contribution in [-0.4, -0.2) is 13.4 Å². The second-order valence-corrected chi connectivity index (χ2v) is 6.32. The number of sulfonamides is 1. The van der Waals surface area contributed by atoms with Crippen LogP contribution in [0.25, 0.3) is 0 Å². The lowest BCUT2D eigenvalue weighted by molar-refractivity contribution is 0.578. The highest BCUT2D eigenvalue weighted by atomic mass is 32.2. The Balaban J connectivity index is 2.18. The smallest absolute Gasteiger partial charge is 0.240 e. The van der Waals surface area contributed by atoms with Crippen molar-refractivity contribution in [3.05, 3.63) is 59.2 Å². The van der Waals surface area contributed by atoms with Gasteiger partial charge in [0.05, 0.1) is 17.1 Å². The fourth-order valence-electron chi connectivity index (χ4n) is 1.82. The molecule has 0 saturated heterocycles. The van der Waals surface area contributed by atoms with Gasteiger partial charge in [0.15, 0.2) is 0 Å². The van der Waals surface area contributed by atoms with Crippen molar-refractivity contribution < 1.29 is 12.8 Å². The number of halogens is 1. The first-order valence-electron chi connectivity index (χ1n) is 6.33. The summed E-state index contributed by atoms with van der Waals surface area (Å²) in [7, 11) is -3.73. The highest BCUT2D eigenvalue weighted by Crippen LogP contribution is 2.15. The zero-order valence-electron chi connectivity index (χ0n) is 11.5. The summed E-state index contributed by atoms with van der Waals surface area (Å²) >= 11 is 0. The van der Waals surface area contributed by atoms with E-state index in [1.54, 1.807) is 12.1 Å². The summed E-state index contributed by atoms with van der Waals surface area (Å²) in [6.07, 6.45) is 0. The maximum atomic E-state index is 13.3. The van der Waals surface area contributed by atoms with Gasteiger partial charge in [0.1, 0.15) is 5.82 Å². The zero-order valence-corrected chi connectivity index (χ0v) is 12.3. The minimum absolute atomic E-state index is 0.0167. The van der Waals surface area contributed by atoms with Gasteiger partial charge in [0, 0.05) is 17.8 Å². The number of aromatic nitrogens is 1. The van der Waals surface area contributed by atoms with Crippen molar-refractivity contribution in [2.24, 2.45) is 5.73 Å². The van der Waals surface area contributed by atoms with E-state index < -0.39 is 15.8 Å². The summed E-state index contributed by atoms with van der Waals surface area (Å²) in [5, 5.41) is 0. The molecule has 1 heterocycles. The first-order valence-corrected chi connectivity index (χ1v) is 7.81. The van der Waals surface area contributed by atoms with E-state index in [4.69, 9.17) is 5.73 Å². The quantitative estimate of drug-likeness (QED) is 0.876. The lowest BCUT2D eigenvalue weighted by atomic mass is 10.2. The number of nitrogens with zero attached hydrogens (tertiary/aromatic N) is 1. The number of nitrogens with one attached hydrogen (secondary N) is 1. The van der Waals surface area contributed by atoms with Crippen LogP contribution in [0.3, 0.4) is 0 Å². The fraction of sp³-hybridized carbons (Fsp3) is 0.214. The summed E-state index contributed by atoms with van der Waals surface area (Å²) in [5.41, 5.74) is 6.95. The van der Waals surface area contributed by atoms with Gasteiger partial charge >= 0.3 is 0 Å². The minimum atomic E-state index is -3.73. The Bertz CT molecular complexity index is 748. The Kier molecular flexibility index (Phi) is 4.66. The highest BCUT2D eigenvalue weighted by Gasteiger charge is 2.16. The molecule has 0 aliphatic rings. The molecule has 5 nitrogen and oxygen atoms in total. The lowest BCUT2D eigenvalue weighted by Crippen LogP contribution is -2.24. The Morgan fingerprint density at radius 3 is 2.71 bits per heavy atom. The van der Waals surface area contributed by atoms with Crippen molar-refractivity contribution >= 4 is 10.0 Å². The molecule has 0 fully saturated rings. The fourth-order valence-corrected chi connectivity index (χ4v) is 2.87. The van der Waals surface area contributed by atoms with E-state index in [0.29, 0.717) is 5.69 Å². The first-order chi connectivity index (χ1) is 9.92. The second kappa shape index (κ2) is 6.30. The number of pyridine rings is 1. The third-order valence-electron chi connectivity index (χ3n) is 2.94. The van der Waals surface area contributed by atoms with Gasteiger partial charge in [-0.15, -0.1) is 0 Å². The third kappa shape index (κ3) is 3.84. The molecular weight excluding hydrogens is 293 g/mol. The van der Waals surface area contributed by atoms with Crippen LogP contribution in [0, 0.1) is 12.7 Å². The Labute approximate surface area is 123 Å². The van der Waals surface area contributed by atoms with E-state index in [2.05, 4.69) is 9.71 Å². The van der Waals surface area contributed by atoms with Crippen molar-refractivity contribution in [2.75, 3.05) is 0 Å². The van der Waals surface area contributed by atoms with Crippen molar-refractivity contribution in [3.8, 4) is 0 Å². The average molecular weight is 309 g/mol. The van der Waals surface area contributed by atoms with Gasteiger partial charge in [-0.3, -0.25) is 4.98 Å². The molecule has 2 aromatic rings. The topological polar surface area (TPSA) is 85.1 Å². The van der Waals surface area contributed by atoms with Crippen LogP contribution in [0.2, 0.25) is 0 Å². The van der Waals surface area contributed by atoms with Crippen LogP contribution in [-0.2, 0) is 23.1 Å². The molecule has 2 rings (SSSR count). The van der Waals surface area contributed by atoms with Gasteiger partial charge in [-0.1, -0.05) is 6.07 Å². The Morgan fingerprint density at radius 2 is 2.05 bits per heavy atom. The van der Waals surface area contributed by atoms with Crippen LogP contribution in [0.1, 0.15) is 17.0 Å². The van der Waals surface area contributed by atoms with Gasteiger partial charge < -0.3 is 5.73 Å². The van der Waals surface area contributed by atoms with Crippen molar-refractivity contribution in [3.63, 3.8) is 0 Å². The number of rotatable bonds is 5. The van der Waals surface area contributed by atoms with E-state index >= 15 is 0 Å². The molecule has 7 heteroatoms. The largest absolute Gasteiger partial charge is 0.326 e. The number of hydrogen-bond donors (Lipinski definition) is 2. The van der Waals surface area contributed by atoms with E-state index in [1.165, 1.54) is 12.1 Å². The predicted octanol–water partition coefficient (Wildman–Crippen LogP) is 1.47. The first kappa shape index (κ1) is 15.6. The van der Waals surface area contributed by atoms with Gasteiger partial charge in [0.25, 0.3) is 0 Å². The van der Waals surface area contributed by atoms with E-state index in [0.717, 1.165) is 11.8 Å².